The van der Waals surface area contributed by atoms with Gasteiger partial charge in [0, 0.05) is 0 Å². The smallest absolute Gasteiger partial charge is 0.00107 e. The minimum absolute atomic E-state index is 0.727. The SMILES string of the molecule is Cc1c(CC(C)C)ccc2c1Cc1ccccc1-2. The number of rotatable bonds is 2. The summed E-state index contributed by atoms with van der Waals surface area (Å²) < 4.78 is 0. The maximum atomic E-state index is 2.33. The summed E-state index contributed by atoms with van der Waals surface area (Å²) in [5.41, 5.74) is 8.96. The number of hydrogen-bond donors (Lipinski definition) is 0. The highest BCUT2D eigenvalue weighted by molar-refractivity contribution is 5.78. The van der Waals surface area contributed by atoms with E-state index in [-0.39, 0.29) is 0 Å². The van der Waals surface area contributed by atoms with E-state index in [1.165, 1.54) is 34.2 Å². The fourth-order valence-electron chi connectivity index (χ4n) is 3.07. The van der Waals surface area contributed by atoms with Gasteiger partial charge in [-0.2, -0.15) is 0 Å². The molecule has 92 valence electrons. The van der Waals surface area contributed by atoms with Gasteiger partial charge in [0.25, 0.3) is 0 Å². The van der Waals surface area contributed by atoms with Crippen molar-refractivity contribution in [2.45, 2.75) is 33.6 Å². The van der Waals surface area contributed by atoms with Gasteiger partial charge in [-0.3, -0.25) is 0 Å². The van der Waals surface area contributed by atoms with Crippen molar-refractivity contribution in [3.05, 3.63) is 58.7 Å². The molecule has 0 unspecified atom stereocenters. The number of hydrogen-bond acceptors (Lipinski definition) is 0. The highest BCUT2D eigenvalue weighted by Gasteiger charge is 2.20. The first kappa shape index (κ1) is 11.5. The monoisotopic (exact) mass is 236 g/mol. The molecule has 0 aromatic heterocycles. The van der Waals surface area contributed by atoms with Crippen LogP contribution in [-0.4, -0.2) is 0 Å². The van der Waals surface area contributed by atoms with Crippen molar-refractivity contribution in [1.29, 1.82) is 0 Å². The summed E-state index contributed by atoms with van der Waals surface area (Å²) >= 11 is 0. The van der Waals surface area contributed by atoms with Gasteiger partial charge in [-0.1, -0.05) is 50.2 Å². The van der Waals surface area contributed by atoms with Gasteiger partial charge >= 0.3 is 0 Å². The van der Waals surface area contributed by atoms with Crippen molar-refractivity contribution >= 4 is 0 Å². The van der Waals surface area contributed by atoms with E-state index in [9.17, 15) is 0 Å². The van der Waals surface area contributed by atoms with Crippen LogP contribution in [0.4, 0.5) is 0 Å². The van der Waals surface area contributed by atoms with E-state index in [2.05, 4.69) is 57.2 Å². The van der Waals surface area contributed by atoms with Gasteiger partial charge in [0.15, 0.2) is 0 Å². The maximum absolute atomic E-state index is 2.33. The Kier molecular flexibility index (Phi) is 2.74. The van der Waals surface area contributed by atoms with Crippen LogP contribution in [0.2, 0.25) is 0 Å². The largest absolute Gasteiger partial charge is 0.0625 e. The molecule has 0 heteroatoms. The first-order valence-corrected chi connectivity index (χ1v) is 6.86. The van der Waals surface area contributed by atoms with E-state index >= 15 is 0 Å². The van der Waals surface area contributed by atoms with Crippen LogP contribution in [0, 0.1) is 12.8 Å². The lowest BCUT2D eigenvalue weighted by atomic mass is 9.92. The van der Waals surface area contributed by atoms with Crippen molar-refractivity contribution < 1.29 is 0 Å². The van der Waals surface area contributed by atoms with Crippen molar-refractivity contribution in [3.8, 4) is 11.1 Å². The first-order valence-electron chi connectivity index (χ1n) is 6.86. The number of fused-ring (bicyclic) bond motifs is 3. The molecule has 0 amide bonds. The highest BCUT2D eigenvalue weighted by atomic mass is 14.2. The van der Waals surface area contributed by atoms with Crippen molar-refractivity contribution in [2.24, 2.45) is 5.92 Å². The zero-order valence-electron chi connectivity index (χ0n) is 11.5. The van der Waals surface area contributed by atoms with E-state index < -0.39 is 0 Å². The predicted molar refractivity (Wildman–Crippen MR) is 78.0 cm³/mol. The molecule has 0 spiro atoms. The zero-order chi connectivity index (χ0) is 12.7. The third-order valence-electron chi connectivity index (χ3n) is 4.01. The molecule has 0 fully saturated rings. The lowest BCUT2D eigenvalue weighted by molar-refractivity contribution is 0.644. The summed E-state index contributed by atoms with van der Waals surface area (Å²) in [7, 11) is 0. The highest BCUT2D eigenvalue weighted by Crippen LogP contribution is 2.39. The van der Waals surface area contributed by atoms with Gasteiger partial charge in [0.2, 0.25) is 0 Å². The molecule has 0 saturated heterocycles. The van der Waals surface area contributed by atoms with Crippen molar-refractivity contribution in [1.82, 2.24) is 0 Å². The Bertz CT molecular complexity index is 591. The van der Waals surface area contributed by atoms with Gasteiger partial charge in [-0.05, 0) is 59.1 Å². The third-order valence-corrected chi connectivity index (χ3v) is 4.01. The molecular formula is C18H20. The van der Waals surface area contributed by atoms with Gasteiger partial charge < -0.3 is 0 Å². The van der Waals surface area contributed by atoms with Crippen molar-refractivity contribution in [2.75, 3.05) is 0 Å². The minimum atomic E-state index is 0.727. The average molecular weight is 236 g/mol. The first-order chi connectivity index (χ1) is 8.66. The van der Waals surface area contributed by atoms with Crippen LogP contribution < -0.4 is 0 Å². The molecule has 1 aliphatic carbocycles. The second kappa shape index (κ2) is 4.28. The molecular weight excluding hydrogens is 216 g/mol. The molecule has 0 atom stereocenters. The van der Waals surface area contributed by atoms with Crippen molar-refractivity contribution in [3.63, 3.8) is 0 Å². The van der Waals surface area contributed by atoms with E-state index in [1.807, 2.05) is 0 Å². The molecule has 3 rings (SSSR count). The molecule has 0 heterocycles. The Morgan fingerprint density at radius 2 is 1.78 bits per heavy atom. The topological polar surface area (TPSA) is 0 Å². The van der Waals surface area contributed by atoms with E-state index in [4.69, 9.17) is 0 Å². The van der Waals surface area contributed by atoms with Crippen LogP contribution in [0.15, 0.2) is 36.4 Å². The fourth-order valence-corrected chi connectivity index (χ4v) is 3.07. The fraction of sp³-hybridized carbons (Fsp3) is 0.333. The normalized spacial score (nSPS) is 12.7. The Hall–Kier alpha value is -1.56. The molecule has 2 aromatic carbocycles. The summed E-state index contributed by atoms with van der Waals surface area (Å²) in [6, 6.07) is 13.5. The van der Waals surface area contributed by atoms with Crippen LogP contribution in [0.3, 0.4) is 0 Å². The Balaban J connectivity index is 2.10. The van der Waals surface area contributed by atoms with Gasteiger partial charge in [0.05, 0.1) is 0 Å². The molecule has 0 bridgehead atoms. The molecule has 0 nitrogen and oxygen atoms in total. The Morgan fingerprint density at radius 1 is 1.00 bits per heavy atom. The molecule has 18 heavy (non-hydrogen) atoms. The molecule has 0 N–H and O–H groups in total. The van der Waals surface area contributed by atoms with Crippen LogP contribution in [0.5, 0.6) is 0 Å². The van der Waals surface area contributed by atoms with Crippen LogP contribution in [-0.2, 0) is 12.8 Å². The molecule has 2 aromatic rings. The summed E-state index contributed by atoms with van der Waals surface area (Å²) in [5.74, 6) is 0.727. The molecule has 0 aliphatic heterocycles. The number of benzene rings is 2. The Labute approximate surface area is 110 Å². The van der Waals surface area contributed by atoms with Crippen LogP contribution in [0.1, 0.15) is 36.1 Å². The summed E-state index contributed by atoms with van der Waals surface area (Å²) in [4.78, 5) is 0. The maximum Gasteiger partial charge on any atom is -0.00107 e. The van der Waals surface area contributed by atoms with Crippen LogP contribution in [0.25, 0.3) is 11.1 Å². The third kappa shape index (κ3) is 1.77. The predicted octanol–water partition coefficient (Wildman–Crippen LogP) is 4.76. The molecule has 0 radical (unpaired) electrons. The second-order valence-corrected chi connectivity index (χ2v) is 5.81. The minimum Gasteiger partial charge on any atom is -0.0625 e. The van der Waals surface area contributed by atoms with Gasteiger partial charge in [-0.15, -0.1) is 0 Å². The van der Waals surface area contributed by atoms with Gasteiger partial charge in [0.1, 0.15) is 0 Å². The summed E-state index contributed by atoms with van der Waals surface area (Å²) in [5, 5.41) is 0. The van der Waals surface area contributed by atoms with E-state index in [0.29, 0.717) is 0 Å². The Morgan fingerprint density at radius 3 is 2.56 bits per heavy atom. The van der Waals surface area contributed by atoms with E-state index in [1.54, 1.807) is 5.56 Å². The van der Waals surface area contributed by atoms with E-state index in [0.717, 1.165) is 12.3 Å². The second-order valence-electron chi connectivity index (χ2n) is 5.81. The van der Waals surface area contributed by atoms with Crippen LogP contribution >= 0.6 is 0 Å². The zero-order valence-corrected chi connectivity index (χ0v) is 11.5. The summed E-state index contributed by atoms with van der Waals surface area (Å²) in [6.07, 6.45) is 2.30. The molecule has 0 saturated carbocycles. The lowest BCUT2D eigenvalue weighted by Gasteiger charge is -2.13. The average Bonchev–Trinajstić information content (AvgIpc) is 2.72. The standard InChI is InChI=1S/C18H20/c1-12(2)10-14-8-9-17-16-7-5-4-6-15(16)11-18(17)13(14)3/h4-9,12H,10-11H2,1-3H3. The van der Waals surface area contributed by atoms with Gasteiger partial charge in [-0.25, -0.2) is 0 Å². The quantitative estimate of drug-likeness (QED) is 0.601. The summed E-state index contributed by atoms with van der Waals surface area (Å²) in [6.45, 7) is 6.88. The molecule has 1 aliphatic rings. The lowest BCUT2D eigenvalue weighted by Crippen LogP contribution is -1.99.